The molecule has 0 amide bonds. The Kier molecular flexibility index (Phi) is 3.53. The zero-order valence-electron chi connectivity index (χ0n) is 11.3. The molecule has 2 aromatic rings. The van der Waals surface area contributed by atoms with E-state index in [-0.39, 0.29) is 0 Å². The molecular weight excluding hydrogens is 256 g/mol. The van der Waals surface area contributed by atoms with E-state index in [9.17, 15) is 0 Å². The van der Waals surface area contributed by atoms with Crippen molar-refractivity contribution in [2.24, 2.45) is 0 Å². The van der Waals surface area contributed by atoms with E-state index >= 15 is 0 Å². The standard InChI is InChI=1S/C15H18N2OS/c1-10-9-19-15(17-10)8-18-12-4-5-13-11(7-12)3-6-14(13)16-2/h4-5,7,9,14,16H,3,6,8H2,1-2H3. The molecule has 19 heavy (non-hydrogen) atoms. The molecule has 3 nitrogen and oxygen atoms in total. The van der Waals surface area contributed by atoms with Crippen molar-refractivity contribution in [2.45, 2.75) is 32.4 Å². The van der Waals surface area contributed by atoms with Gasteiger partial charge in [0, 0.05) is 17.1 Å². The van der Waals surface area contributed by atoms with Crippen LogP contribution in [0.3, 0.4) is 0 Å². The number of thiazole rings is 1. The van der Waals surface area contributed by atoms with E-state index in [2.05, 4.69) is 33.9 Å². The van der Waals surface area contributed by atoms with Gasteiger partial charge in [0.25, 0.3) is 0 Å². The summed E-state index contributed by atoms with van der Waals surface area (Å²) in [5.74, 6) is 0.948. The summed E-state index contributed by atoms with van der Waals surface area (Å²) in [6.45, 7) is 2.57. The Balaban J connectivity index is 1.69. The number of fused-ring (bicyclic) bond motifs is 1. The first-order chi connectivity index (χ1) is 9.26. The molecule has 100 valence electrons. The van der Waals surface area contributed by atoms with Gasteiger partial charge in [0.2, 0.25) is 0 Å². The highest BCUT2D eigenvalue weighted by Crippen LogP contribution is 2.33. The highest BCUT2D eigenvalue weighted by atomic mass is 32.1. The first kappa shape index (κ1) is 12.6. The van der Waals surface area contributed by atoms with Crippen LogP contribution in [0, 0.1) is 6.92 Å². The molecular formula is C15H18N2OS. The number of rotatable bonds is 4. The molecule has 1 aliphatic carbocycles. The summed E-state index contributed by atoms with van der Waals surface area (Å²) in [4.78, 5) is 4.41. The van der Waals surface area contributed by atoms with Crippen LogP contribution in [-0.2, 0) is 13.0 Å². The summed E-state index contributed by atoms with van der Waals surface area (Å²) < 4.78 is 5.83. The van der Waals surface area contributed by atoms with Gasteiger partial charge in [-0.15, -0.1) is 11.3 Å². The molecule has 0 saturated carbocycles. The summed E-state index contributed by atoms with van der Waals surface area (Å²) in [5, 5.41) is 6.44. The predicted octanol–water partition coefficient (Wildman–Crippen LogP) is 3.24. The fourth-order valence-electron chi connectivity index (χ4n) is 2.60. The van der Waals surface area contributed by atoms with E-state index in [1.165, 1.54) is 17.5 Å². The molecule has 0 aliphatic heterocycles. The fourth-order valence-corrected chi connectivity index (χ4v) is 3.28. The SMILES string of the molecule is CNC1CCc2cc(OCc3nc(C)cs3)ccc21. The Labute approximate surface area is 117 Å². The Morgan fingerprint density at radius 2 is 2.37 bits per heavy atom. The van der Waals surface area contributed by atoms with Crippen molar-refractivity contribution < 1.29 is 4.74 Å². The molecule has 0 saturated heterocycles. The van der Waals surface area contributed by atoms with Crippen molar-refractivity contribution in [3.05, 3.63) is 45.4 Å². The van der Waals surface area contributed by atoms with Crippen molar-refractivity contribution in [3.8, 4) is 5.75 Å². The van der Waals surface area contributed by atoms with Crippen molar-refractivity contribution in [3.63, 3.8) is 0 Å². The minimum atomic E-state index is 0.505. The third-order valence-electron chi connectivity index (χ3n) is 3.57. The maximum atomic E-state index is 5.83. The molecule has 0 fully saturated rings. The molecule has 0 spiro atoms. The molecule has 1 heterocycles. The summed E-state index contributed by atoms with van der Waals surface area (Å²) in [6.07, 6.45) is 2.31. The Morgan fingerprint density at radius 3 is 3.11 bits per heavy atom. The fraction of sp³-hybridized carbons (Fsp3) is 0.400. The number of hydrogen-bond donors (Lipinski definition) is 1. The van der Waals surface area contributed by atoms with Gasteiger partial charge in [-0.25, -0.2) is 4.98 Å². The summed E-state index contributed by atoms with van der Waals surface area (Å²) in [5.41, 5.74) is 3.89. The van der Waals surface area contributed by atoms with E-state index in [1.54, 1.807) is 11.3 Å². The number of benzene rings is 1. The first-order valence-corrected chi connectivity index (χ1v) is 7.48. The van der Waals surface area contributed by atoms with Crippen LogP contribution in [0.15, 0.2) is 23.6 Å². The van der Waals surface area contributed by atoms with E-state index in [0.717, 1.165) is 22.9 Å². The Bertz CT molecular complexity index is 579. The largest absolute Gasteiger partial charge is 0.486 e. The van der Waals surface area contributed by atoms with Crippen LogP contribution in [0.4, 0.5) is 0 Å². The number of aryl methyl sites for hydroxylation is 2. The number of nitrogens with zero attached hydrogens (tertiary/aromatic N) is 1. The molecule has 1 N–H and O–H groups in total. The van der Waals surface area contributed by atoms with Crippen LogP contribution in [0.25, 0.3) is 0 Å². The van der Waals surface area contributed by atoms with Gasteiger partial charge >= 0.3 is 0 Å². The summed E-state index contributed by atoms with van der Waals surface area (Å²) in [7, 11) is 2.02. The van der Waals surface area contributed by atoms with Gasteiger partial charge in [-0.2, -0.15) is 0 Å². The van der Waals surface area contributed by atoms with Crippen LogP contribution in [0.2, 0.25) is 0 Å². The molecule has 0 radical (unpaired) electrons. The second-order valence-corrected chi connectivity index (χ2v) is 5.85. The first-order valence-electron chi connectivity index (χ1n) is 6.60. The topological polar surface area (TPSA) is 34.1 Å². The predicted molar refractivity (Wildman–Crippen MR) is 77.7 cm³/mol. The lowest BCUT2D eigenvalue weighted by Gasteiger charge is -2.11. The van der Waals surface area contributed by atoms with E-state index in [0.29, 0.717) is 12.6 Å². The lowest BCUT2D eigenvalue weighted by molar-refractivity contribution is 0.305. The van der Waals surface area contributed by atoms with Gasteiger partial charge in [-0.3, -0.25) is 0 Å². The molecule has 1 aromatic carbocycles. The third-order valence-corrected chi connectivity index (χ3v) is 4.51. The molecule has 0 bridgehead atoms. The van der Waals surface area contributed by atoms with Crippen LogP contribution >= 0.6 is 11.3 Å². The Hall–Kier alpha value is -1.39. The Morgan fingerprint density at radius 1 is 1.47 bits per heavy atom. The van der Waals surface area contributed by atoms with Crippen LogP contribution in [0.5, 0.6) is 5.75 Å². The van der Waals surface area contributed by atoms with Crippen LogP contribution < -0.4 is 10.1 Å². The number of aromatic nitrogens is 1. The van der Waals surface area contributed by atoms with Crippen molar-refractivity contribution in [1.29, 1.82) is 0 Å². The number of nitrogens with one attached hydrogen (secondary N) is 1. The second-order valence-electron chi connectivity index (χ2n) is 4.91. The minimum absolute atomic E-state index is 0.505. The van der Waals surface area contributed by atoms with Gasteiger partial charge in [0.1, 0.15) is 17.4 Å². The van der Waals surface area contributed by atoms with Gasteiger partial charge < -0.3 is 10.1 Å². The second kappa shape index (κ2) is 5.31. The van der Waals surface area contributed by atoms with Crippen LogP contribution in [-0.4, -0.2) is 12.0 Å². The van der Waals surface area contributed by atoms with Gasteiger partial charge in [-0.1, -0.05) is 6.07 Å². The van der Waals surface area contributed by atoms with Gasteiger partial charge in [0.05, 0.1) is 0 Å². The normalized spacial score (nSPS) is 17.5. The monoisotopic (exact) mass is 274 g/mol. The van der Waals surface area contributed by atoms with Crippen molar-refractivity contribution in [1.82, 2.24) is 10.3 Å². The molecule has 1 aromatic heterocycles. The summed E-state index contributed by atoms with van der Waals surface area (Å²) >= 11 is 1.65. The number of ether oxygens (including phenoxy) is 1. The third kappa shape index (κ3) is 2.65. The minimum Gasteiger partial charge on any atom is -0.486 e. The maximum absolute atomic E-state index is 5.83. The van der Waals surface area contributed by atoms with E-state index < -0.39 is 0 Å². The lowest BCUT2D eigenvalue weighted by atomic mass is 10.1. The van der Waals surface area contributed by atoms with Crippen LogP contribution in [0.1, 0.15) is 34.3 Å². The highest BCUT2D eigenvalue weighted by molar-refractivity contribution is 7.09. The highest BCUT2D eigenvalue weighted by Gasteiger charge is 2.21. The molecule has 3 rings (SSSR count). The lowest BCUT2D eigenvalue weighted by Crippen LogP contribution is -2.12. The van der Waals surface area contributed by atoms with Crippen molar-refractivity contribution >= 4 is 11.3 Å². The maximum Gasteiger partial charge on any atom is 0.140 e. The quantitative estimate of drug-likeness (QED) is 0.929. The zero-order valence-corrected chi connectivity index (χ0v) is 12.1. The summed E-state index contributed by atoms with van der Waals surface area (Å²) in [6, 6.07) is 6.93. The van der Waals surface area contributed by atoms with Gasteiger partial charge in [0.15, 0.2) is 0 Å². The molecule has 1 aliphatic rings. The molecule has 4 heteroatoms. The molecule has 1 unspecified atom stereocenters. The van der Waals surface area contributed by atoms with Crippen molar-refractivity contribution in [2.75, 3.05) is 7.05 Å². The smallest absolute Gasteiger partial charge is 0.140 e. The van der Waals surface area contributed by atoms with E-state index in [1.807, 2.05) is 14.0 Å². The van der Waals surface area contributed by atoms with E-state index in [4.69, 9.17) is 4.74 Å². The molecule has 1 atom stereocenters. The van der Waals surface area contributed by atoms with Gasteiger partial charge in [-0.05, 0) is 50.1 Å². The average Bonchev–Trinajstić information content (AvgIpc) is 3.01. The average molecular weight is 274 g/mol. The number of hydrogen-bond acceptors (Lipinski definition) is 4. The zero-order chi connectivity index (χ0) is 13.2.